The van der Waals surface area contributed by atoms with E-state index in [1.54, 1.807) is 0 Å². The first kappa shape index (κ1) is 19.8. The Kier molecular flexibility index (Phi) is 6.09. The van der Waals surface area contributed by atoms with Crippen molar-refractivity contribution in [2.75, 3.05) is 13.1 Å². The Labute approximate surface area is 143 Å². The number of nitrogens with zero attached hydrogens (tertiary/aromatic N) is 1. The molecular formula is C21H35NO. The third-order valence-corrected chi connectivity index (χ3v) is 4.20. The van der Waals surface area contributed by atoms with Crippen molar-refractivity contribution in [1.82, 2.24) is 4.90 Å². The zero-order chi connectivity index (χ0) is 18.0. The molecule has 0 spiro atoms. The molecule has 2 nitrogen and oxygen atoms in total. The van der Waals surface area contributed by atoms with E-state index in [0.717, 1.165) is 36.3 Å². The quantitative estimate of drug-likeness (QED) is 0.736. The van der Waals surface area contributed by atoms with Crippen molar-refractivity contribution in [3.05, 3.63) is 41.0 Å². The molecule has 0 radical (unpaired) electrons. The molecule has 1 N–H and O–H groups in total. The Morgan fingerprint density at radius 2 is 1.65 bits per heavy atom. The van der Waals surface area contributed by atoms with Gasteiger partial charge >= 0.3 is 0 Å². The molecule has 1 aromatic carbocycles. The molecule has 130 valence electrons. The van der Waals surface area contributed by atoms with Gasteiger partial charge in [0.05, 0.1) is 0 Å². The van der Waals surface area contributed by atoms with Crippen LogP contribution in [0, 0.1) is 0 Å². The number of hydrogen-bond donors (Lipinski definition) is 1. The lowest BCUT2D eigenvalue weighted by atomic mass is 9.79. The molecule has 23 heavy (non-hydrogen) atoms. The topological polar surface area (TPSA) is 23.5 Å². The SMILES string of the molecule is C=C(C)CN(CC)Cc1cc(C(C)(C)C)cc(C(C)(C)C)c1O. The van der Waals surface area contributed by atoms with Gasteiger partial charge in [-0.15, -0.1) is 0 Å². The lowest BCUT2D eigenvalue weighted by Crippen LogP contribution is -2.25. The number of likely N-dealkylation sites (N-methyl/N-ethyl adjacent to an activating group) is 1. The third kappa shape index (κ3) is 5.39. The summed E-state index contributed by atoms with van der Waals surface area (Å²) in [5, 5.41) is 10.8. The van der Waals surface area contributed by atoms with Crippen LogP contribution in [0.4, 0.5) is 0 Å². The maximum atomic E-state index is 10.8. The molecule has 0 saturated carbocycles. The summed E-state index contributed by atoms with van der Waals surface area (Å²) in [4.78, 5) is 2.32. The first-order valence-electron chi connectivity index (χ1n) is 8.59. The molecule has 0 unspecified atom stereocenters. The first-order chi connectivity index (χ1) is 10.4. The Hall–Kier alpha value is -1.28. The van der Waals surface area contributed by atoms with Gasteiger partial charge in [-0.25, -0.2) is 0 Å². The lowest BCUT2D eigenvalue weighted by molar-refractivity contribution is 0.297. The van der Waals surface area contributed by atoms with Crippen molar-refractivity contribution in [1.29, 1.82) is 0 Å². The summed E-state index contributed by atoms with van der Waals surface area (Å²) in [5.74, 6) is 0.450. The Morgan fingerprint density at radius 1 is 1.09 bits per heavy atom. The second-order valence-corrected chi connectivity index (χ2v) is 8.79. The van der Waals surface area contributed by atoms with Crippen molar-refractivity contribution in [2.24, 2.45) is 0 Å². The van der Waals surface area contributed by atoms with Gasteiger partial charge < -0.3 is 5.11 Å². The van der Waals surface area contributed by atoms with E-state index in [1.165, 1.54) is 5.56 Å². The molecule has 0 heterocycles. The molecule has 0 saturated heterocycles. The van der Waals surface area contributed by atoms with Crippen LogP contribution in [0.3, 0.4) is 0 Å². The molecule has 0 atom stereocenters. The maximum absolute atomic E-state index is 10.8. The second kappa shape index (κ2) is 7.09. The Bertz CT molecular complexity index is 558. The number of phenols is 1. The zero-order valence-corrected chi connectivity index (χ0v) is 16.4. The van der Waals surface area contributed by atoms with E-state index in [0.29, 0.717) is 5.75 Å². The van der Waals surface area contributed by atoms with E-state index in [9.17, 15) is 5.11 Å². The highest BCUT2D eigenvalue weighted by molar-refractivity contribution is 5.48. The van der Waals surface area contributed by atoms with Crippen LogP contribution >= 0.6 is 0 Å². The molecule has 0 aliphatic heterocycles. The van der Waals surface area contributed by atoms with Crippen LogP contribution in [-0.2, 0) is 17.4 Å². The average molecular weight is 318 g/mol. The smallest absolute Gasteiger partial charge is 0.123 e. The minimum atomic E-state index is -0.0779. The van der Waals surface area contributed by atoms with E-state index in [1.807, 2.05) is 0 Å². The summed E-state index contributed by atoms with van der Waals surface area (Å²) < 4.78 is 0. The van der Waals surface area contributed by atoms with Gasteiger partial charge in [0, 0.05) is 18.7 Å². The molecule has 1 aromatic rings. The highest BCUT2D eigenvalue weighted by Gasteiger charge is 2.25. The van der Waals surface area contributed by atoms with Gasteiger partial charge in [-0.1, -0.05) is 72.8 Å². The molecule has 0 aromatic heterocycles. The average Bonchev–Trinajstić information content (AvgIpc) is 2.36. The molecule has 0 aliphatic rings. The normalized spacial score (nSPS) is 12.7. The molecule has 0 fully saturated rings. The maximum Gasteiger partial charge on any atom is 0.123 e. The van der Waals surface area contributed by atoms with Crippen molar-refractivity contribution in [3.8, 4) is 5.75 Å². The lowest BCUT2D eigenvalue weighted by Gasteiger charge is -2.29. The summed E-state index contributed by atoms with van der Waals surface area (Å²) in [7, 11) is 0. The van der Waals surface area contributed by atoms with Crippen molar-refractivity contribution < 1.29 is 5.11 Å². The molecular weight excluding hydrogens is 282 g/mol. The van der Waals surface area contributed by atoms with Crippen LogP contribution in [0.25, 0.3) is 0 Å². The van der Waals surface area contributed by atoms with E-state index in [4.69, 9.17) is 0 Å². The summed E-state index contributed by atoms with van der Waals surface area (Å²) in [6.07, 6.45) is 0. The molecule has 0 aliphatic carbocycles. The molecule has 2 heteroatoms. The van der Waals surface area contributed by atoms with Crippen LogP contribution in [0.2, 0.25) is 0 Å². The summed E-state index contributed by atoms with van der Waals surface area (Å²) >= 11 is 0. The van der Waals surface area contributed by atoms with Crippen molar-refractivity contribution in [2.45, 2.75) is 72.8 Å². The summed E-state index contributed by atoms with van der Waals surface area (Å²) in [5.41, 5.74) is 4.46. The fraction of sp³-hybridized carbons (Fsp3) is 0.619. The van der Waals surface area contributed by atoms with Gasteiger partial charge in [0.2, 0.25) is 0 Å². The van der Waals surface area contributed by atoms with Crippen molar-refractivity contribution >= 4 is 0 Å². The number of hydrogen-bond acceptors (Lipinski definition) is 2. The minimum absolute atomic E-state index is 0.0633. The van der Waals surface area contributed by atoms with Gasteiger partial charge in [-0.05, 0) is 35.4 Å². The predicted octanol–water partition coefficient (Wildman–Crippen LogP) is 5.39. The van der Waals surface area contributed by atoms with E-state index >= 15 is 0 Å². The van der Waals surface area contributed by atoms with Crippen LogP contribution in [0.1, 0.15) is 72.1 Å². The van der Waals surface area contributed by atoms with Gasteiger partial charge in [-0.3, -0.25) is 4.90 Å². The van der Waals surface area contributed by atoms with Gasteiger partial charge in [0.15, 0.2) is 0 Å². The van der Waals surface area contributed by atoms with E-state index < -0.39 is 0 Å². The van der Waals surface area contributed by atoms with Gasteiger partial charge in [0.25, 0.3) is 0 Å². The van der Waals surface area contributed by atoms with E-state index in [2.05, 4.69) is 79.0 Å². The highest BCUT2D eigenvalue weighted by Crippen LogP contribution is 2.38. The summed E-state index contributed by atoms with van der Waals surface area (Å²) in [6.45, 7) is 23.9. The van der Waals surface area contributed by atoms with Crippen LogP contribution in [0.5, 0.6) is 5.75 Å². The highest BCUT2D eigenvalue weighted by atomic mass is 16.3. The number of phenolic OH excluding ortho intramolecular Hbond substituents is 1. The minimum Gasteiger partial charge on any atom is -0.507 e. The van der Waals surface area contributed by atoms with Gasteiger partial charge in [0.1, 0.15) is 5.75 Å². The molecule has 0 bridgehead atoms. The second-order valence-electron chi connectivity index (χ2n) is 8.79. The number of aromatic hydroxyl groups is 1. The fourth-order valence-corrected chi connectivity index (χ4v) is 2.72. The predicted molar refractivity (Wildman–Crippen MR) is 101 cm³/mol. The van der Waals surface area contributed by atoms with Crippen LogP contribution < -0.4 is 0 Å². The number of benzene rings is 1. The Morgan fingerprint density at radius 3 is 2.04 bits per heavy atom. The Balaban J connectivity index is 3.37. The number of rotatable bonds is 5. The molecule has 0 amide bonds. The van der Waals surface area contributed by atoms with Crippen molar-refractivity contribution in [3.63, 3.8) is 0 Å². The standard InChI is InChI=1S/C21H35NO/c1-10-22(13-15(2)3)14-16-11-17(20(4,5)6)12-18(19(16)23)21(7,8)9/h11-12,23H,2,10,13-14H2,1,3-9H3. The monoisotopic (exact) mass is 317 g/mol. The largest absolute Gasteiger partial charge is 0.507 e. The van der Waals surface area contributed by atoms with E-state index in [-0.39, 0.29) is 10.8 Å². The fourth-order valence-electron chi connectivity index (χ4n) is 2.72. The molecule has 1 rings (SSSR count). The van der Waals surface area contributed by atoms with Crippen LogP contribution in [-0.4, -0.2) is 23.1 Å². The zero-order valence-electron chi connectivity index (χ0n) is 16.4. The van der Waals surface area contributed by atoms with Crippen LogP contribution in [0.15, 0.2) is 24.3 Å². The third-order valence-electron chi connectivity index (χ3n) is 4.20. The first-order valence-corrected chi connectivity index (χ1v) is 8.59. The van der Waals surface area contributed by atoms with Gasteiger partial charge in [-0.2, -0.15) is 0 Å². The summed E-state index contributed by atoms with van der Waals surface area (Å²) in [6, 6.07) is 4.35.